The van der Waals surface area contributed by atoms with Gasteiger partial charge in [0.1, 0.15) is 6.61 Å². The fraction of sp³-hybridized carbons (Fsp3) is 1.00. The lowest BCUT2D eigenvalue weighted by atomic mass is 10.4. The van der Waals surface area contributed by atoms with Crippen LogP contribution in [0.5, 0.6) is 0 Å². The molecule has 5 heteroatoms. The molecule has 0 heterocycles. The summed E-state index contributed by atoms with van der Waals surface area (Å²) in [4.78, 5) is 0. The van der Waals surface area contributed by atoms with E-state index in [0.717, 1.165) is 0 Å². The normalized spacial score (nSPS) is 11.0. The van der Waals surface area contributed by atoms with Crippen LogP contribution in [0.1, 0.15) is 6.42 Å². The molecule has 74 valence electrons. The number of aliphatic hydroxyl groups is 1. The van der Waals surface area contributed by atoms with Crippen LogP contribution in [0.25, 0.3) is 0 Å². The molecule has 0 saturated heterocycles. The number of rotatable bonds is 8. The van der Waals surface area contributed by atoms with E-state index in [1.165, 1.54) is 0 Å². The predicted octanol–water partition coefficient (Wildman–Crippen LogP) is 0.240. The Bertz CT molecular complexity index is 93.5. The Morgan fingerprint density at radius 2 is 2.08 bits per heavy atom. The Hall–Kier alpha value is -0.260. The summed E-state index contributed by atoms with van der Waals surface area (Å²) in [7, 11) is 0. The summed E-state index contributed by atoms with van der Waals surface area (Å²) < 4.78 is 27.6. The van der Waals surface area contributed by atoms with Crippen molar-refractivity contribution in [3.8, 4) is 0 Å². The zero-order chi connectivity index (χ0) is 9.23. The molecule has 0 rings (SSSR count). The largest absolute Gasteiger partial charge is 0.396 e. The minimum Gasteiger partial charge on any atom is -0.396 e. The molecule has 0 aromatic rings. The van der Waals surface area contributed by atoms with Crippen molar-refractivity contribution in [3.05, 3.63) is 0 Å². The molecule has 3 nitrogen and oxygen atoms in total. The molecule has 0 radical (unpaired) electrons. The monoisotopic (exact) mass is 183 g/mol. The first-order valence-electron chi connectivity index (χ1n) is 3.95. The van der Waals surface area contributed by atoms with Gasteiger partial charge in [-0.3, -0.25) is 0 Å². The highest BCUT2D eigenvalue weighted by molar-refractivity contribution is 4.45. The highest BCUT2D eigenvalue weighted by Gasteiger charge is 2.00. The molecule has 0 aliphatic rings. The molecule has 0 aliphatic carbocycles. The fourth-order valence-corrected chi connectivity index (χ4v) is 0.646. The van der Waals surface area contributed by atoms with Gasteiger partial charge in [-0.2, -0.15) is 0 Å². The summed E-state index contributed by atoms with van der Waals surface area (Å²) in [5.41, 5.74) is 0. The number of alkyl halides is 2. The lowest BCUT2D eigenvalue weighted by Crippen LogP contribution is -2.22. The lowest BCUT2D eigenvalue weighted by Gasteiger charge is -2.04. The minimum absolute atomic E-state index is 0.144. The number of hydrogen-bond acceptors (Lipinski definition) is 3. The summed E-state index contributed by atoms with van der Waals surface area (Å²) in [5, 5.41) is 11.3. The van der Waals surface area contributed by atoms with Gasteiger partial charge >= 0.3 is 0 Å². The van der Waals surface area contributed by atoms with E-state index in [0.29, 0.717) is 19.5 Å². The van der Waals surface area contributed by atoms with Crippen molar-refractivity contribution < 1.29 is 18.6 Å². The Morgan fingerprint density at radius 1 is 1.33 bits per heavy atom. The Kier molecular flexibility index (Phi) is 8.64. The molecular weight excluding hydrogens is 168 g/mol. The molecule has 0 spiro atoms. The van der Waals surface area contributed by atoms with Crippen LogP contribution >= 0.6 is 0 Å². The Labute approximate surface area is 70.7 Å². The SMILES string of the molecule is OCCCNCCOCC(F)F. The first-order valence-corrected chi connectivity index (χ1v) is 3.95. The second-order valence-electron chi connectivity index (χ2n) is 2.29. The molecule has 0 aliphatic heterocycles. The lowest BCUT2D eigenvalue weighted by molar-refractivity contribution is 0.0187. The van der Waals surface area contributed by atoms with Gasteiger partial charge in [0.05, 0.1) is 6.61 Å². The number of aliphatic hydroxyl groups excluding tert-OH is 1. The number of ether oxygens (including phenoxy) is 1. The highest BCUT2D eigenvalue weighted by Crippen LogP contribution is 1.91. The summed E-state index contributed by atoms with van der Waals surface area (Å²) >= 11 is 0. The van der Waals surface area contributed by atoms with Crippen LogP contribution in [-0.4, -0.2) is 44.4 Å². The second-order valence-corrected chi connectivity index (χ2v) is 2.29. The van der Waals surface area contributed by atoms with Gasteiger partial charge in [0.15, 0.2) is 0 Å². The molecule has 2 N–H and O–H groups in total. The van der Waals surface area contributed by atoms with Crippen LogP contribution in [0.4, 0.5) is 8.78 Å². The van der Waals surface area contributed by atoms with Crippen molar-refractivity contribution >= 4 is 0 Å². The molecule has 0 fully saturated rings. The van der Waals surface area contributed by atoms with Gasteiger partial charge < -0.3 is 15.2 Å². The number of nitrogens with one attached hydrogen (secondary N) is 1. The van der Waals surface area contributed by atoms with E-state index >= 15 is 0 Å². The van der Waals surface area contributed by atoms with Gasteiger partial charge in [-0.1, -0.05) is 0 Å². The van der Waals surface area contributed by atoms with Gasteiger partial charge in [0, 0.05) is 13.2 Å². The maximum absolute atomic E-state index is 11.5. The van der Waals surface area contributed by atoms with Gasteiger partial charge in [-0.25, -0.2) is 8.78 Å². The van der Waals surface area contributed by atoms with E-state index in [1.807, 2.05) is 0 Å². The Balaban J connectivity index is 2.82. The van der Waals surface area contributed by atoms with Crippen LogP contribution in [0.3, 0.4) is 0 Å². The maximum Gasteiger partial charge on any atom is 0.261 e. The van der Waals surface area contributed by atoms with Crippen LogP contribution in [0.2, 0.25) is 0 Å². The molecule has 0 amide bonds. The van der Waals surface area contributed by atoms with Gasteiger partial charge in [0.25, 0.3) is 6.43 Å². The molecule has 0 bridgehead atoms. The highest BCUT2D eigenvalue weighted by atomic mass is 19.3. The summed E-state index contributed by atoms with van der Waals surface area (Å²) in [6, 6.07) is 0. The third-order valence-corrected chi connectivity index (χ3v) is 1.18. The van der Waals surface area contributed by atoms with E-state index < -0.39 is 13.0 Å². The van der Waals surface area contributed by atoms with Crippen molar-refractivity contribution in [2.75, 3.05) is 32.9 Å². The van der Waals surface area contributed by atoms with Gasteiger partial charge in [0.2, 0.25) is 0 Å². The molecule has 0 aromatic heterocycles. The third-order valence-electron chi connectivity index (χ3n) is 1.18. The summed E-state index contributed by atoms with van der Waals surface area (Å²) in [6.07, 6.45) is -1.71. The first kappa shape index (κ1) is 11.7. The quantitative estimate of drug-likeness (QED) is 0.530. The molecule has 0 atom stereocenters. The Morgan fingerprint density at radius 3 is 2.67 bits per heavy atom. The van der Waals surface area contributed by atoms with Crippen molar-refractivity contribution in [3.63, 3.8) is 0 Å². The van der Waals surface area contributed by atoms with Gasteiger partial charge in [-0.15, -0.1) is 0 Å². The van der Waals surface area contributed by atoms with E-state index in [-0.39, 0.29) is 13.2 Å². The summed E-state index contributed by atoms with van der Waals surface area (Å²) in [6.45, 7) is 1.17. The summed E-state index contributed by atoms with van der Waals surface area (Å²) in [5.74, 6) is 0. The first-order chi connectivity index (χ1) is 5.77. The number of halogens is 2. The van der Waals surface area contributed by atoms with Crippen molar-refractivity contribution in [1.82, 2.24) is 5.32 Å². The van der Waals surface area contributed by atoms with E-state index in [1.54, 1.807) is 0 Å². The van der Waals surface area contributed by atoms with Gasteiger partial charge in [-0.05, 0) is 13.0 Å². The predicted molar refractivity (Wildman–Crippen MR) is 41.4 cm³/mol. The topological polar surface area (TPSA) is 41.5 Å². The van der Waals surface area contributed by atoms with Crippen molar-refractivity contribution in [2.45, 2.75) is 12.8 Å². The zero-order valence-corrected chi connectivity index (χ0v) is 6.93. The zero-order valence-electron chi connectivity index (χ0n) is 6.93. The number of hydrogen-bond donors (Lipinski definition) is 2. The molecule has 0 aromatic carbocycles. The molecule has 0 saturated carbocycles. The van der Waals surface area contributed by atoms with Crippen molar-refractivity contribution in [2.24, 2.45) is 0 Å². The van der Waals surface area contributed by atoms with E-state index in [2.05, 4.69) is 10.1 Å². The molecule has 12 heavy (non-hydrogen) atoms. The minimum atomic E-state index is -2.39. The fourth-order valence-electron chi connectivity index (χ4n) is 0.646. The van der Waals surface area contributed by atoms with Crippen LogP contribution in [0, 0.1) is 0 Å². The molecule has 0 unspecified atom stereocenters. The maximum atomic E-state index is 11.5. The average Bonchev–Trinajstić information content (AvgIpc) is 2.02. The van der Waals surface area contributed by atoms with Crippen molar-refractivity contribution in [1.29, 1.82) is 0 Å². The van der Waals surface area contributed by atoms with Crippen LogP contribution in [-0.2, 0) is 4.74 Å². The van der Waals surface area contributed by atoms with Crippen LogP contribution < -0.4 is 5.32 Å². The van der Waals surface area contributed by atoms with E-state index in [4.69, 9.17) is 5.11 Å². The van der Waals surface area contributed by atoms with E-state index in [9.17, 15) is 8.78 Å². The molecular formula is C7H15F2NO2. The second kappa shape index (κ2) is 8.83. The van der Waals surface area contributed by atoms with Crippen LogP contribution in [0.15, 0.2) is 0 Å². The standard InChI is InChI=1S/C7H15F2NO2/c8-7(9)6-12-5-3-10-2-1-4-11/h7,10-11H,1-6H2. The third kappa shape index (κ3) is 9.74. The smallest absolute Gasteiger partial charge is 0.261 e. The average molecular weight is 183 g/mol.